The van der Waals surface area contributed by atoms with Gasteiger partial charge in [-0.2, -0.15) is 11.8 Å². The maximum absolute atomic E-state index is 11.8. The zero-order valence-electron chi connectivity index (χ0n) is 13.5. The van der Waals surface area contributed by atoms with Gasteiger partial charge >= 0.3 is 6.03 Å². The first-order chi connectivity index (χ1) is 11.3. The average molecular weight is 332 g/mol. The molecule has 0 aliphatic rings. The first-order valence-corrected chi connectivity index (χ1v) is 9.17. The topological polar surface area (TPSA) is 54.3 Å². The highest BCUT2D eigenvalue weighted by molar-refractivity contribution is 7.98. The molecule has 1 heterocycles. The quantitative estimate of drug-likeness (QED) is 0.656. The van der Waals surface area contributed by atoms with E-state index in [1.165, 1.54) is 18.4 Å². The molecule has 5 heteroatoms. The minimum absolute atomic E-state index is 0.162. The molecule has 1 aromatic carbocycles. The second-order valence-electron chi connectivity index (χ2n) is 5.31. The van der Waals surface area contributed by atoms with Gasteiger partial charge in [-0.3, -0.25) is 0 Å². The number of thioether (sulfide) groups is 1. The number of urea groups is 1. The molecule has 0 unspecified atom stereocenters. The SMILES string of the molecule is CCCCc1ccc(NC(=O)NCCSCc2ccco2)cc1. The highest BCUT2D eigenvalue weighted by Crippen LogP contribution is 2.12. The summed E-state index contributed by atoms with van der Waals surface area (Å²) in [7, 11) is 0. The predicted octanol–water partition coefficient (Wildman–Crippen LogP) is 4.68. The molecule has 124 valence electrons. The fourth-order valence-corrected chi connectivity index (χ4v) is 2.87. The second-order valence-corrected chi connectivity index (χ2v) is 6.42. The highest BCUT2D eigenvalue weighted by atomic mass is 32.2. The van der Waals surface area contributed by atoms with Crippen molar-refractivity contribution in [2.24, 2.45) is 0 Å². The summed E-state index contributed by atoms with van der Waals surface area (Å²) >= 11 is 1.73. The smallest absolute Gasteiger partial charge is 0.319 e. The van der Waals surface area contributed by atoms with Gasteiger partial charge in [0.1, 0.15) is 5.76 Å². The lowest BCUT2D eigenvalue weighted by molar-refractivity contribution is 0.252. The number of amides is 2. The zero-order valence-corrected chi connectivity index (χ0v) is 14.3. The molecular formula is C18H24N2O2S. The monoisotopic (exact) mass is 332 g/mol. The third-order valence-electron chi connectivity index (χ3n) is 3.39. The molecule has 2 aromatic rings. The molecule has 0 fully saturated rings. The Kier molecular flexibility index (Phi) is 7.60. The van der Waals surface area contributed by atoms with E-state index in [2.05, 4.69) is 29.7 Å². The van der Waals surface area contributed by atoms with Gasteiger partial charge in [0, 0.05) is 18.0 Å². The van der Waals surface area contributed by atoms with Crippen LogP contribution in [0, 0.1) is 0 Å². The number of furan rings is 1. The minimum atomic E-state index is -0.162. The molecule has 4 nitrogen and oxygen atoms in total. The molecule has 0 saturated heterocycles. The number of hydrogen-bond acceptors (Lipinski definition) is 3. The standard InChI is InChI=1S/C18H24N2O2S/c1-2-3-5-15-7-9-16(10-8-15)20-18(21)19-11-13-23-14-17-6-4-12-22-17/h4,6-10,12H,2-3,5,11,13-14H2,1H3,(H2,19,20,21). The third kappa shape index (κ3) is 6.82. The number of benzene rings is 1. The van der Waals surface area contributed by atoms with Crippen molar-refractivity contribution in [3.63, 3.8) is 0 Å². The molecule has 0 radical (unpaired) electrons. The first kappa shape index (κ1) is 17.5. The van der Waals surface area contributed by atoms with Crippen molar-refractivity contribution >= 4 is 23.5 Å². The van der Waals surface area contributed by atoms with Crippen LogP contribution in [0.25, 0.3) is 0 Å². The summed E-state index contributed by atoms with van der Waals surface area (Å²) in [4.78, 5) is 11.8. The normalized spacial score (nSPS) is 10.5. The molecule has 2 rings (SSSR count). The largest absolute Gasteiger partial charge is 0.468 e. The van der Waals surface area contributed by atoms with E-state index in [1.807, 2.05) is 24.3 Å². The van der Waals surface area contributed by atoms with Crippen LogP contribution >= 0.6 is 11.8 Å². The summed E-state index contributed by atoms with van der Waals surface area (Å²) in [6.45, 7) is 2.82. The maximum atomic E-state index is 11.8. The Balaban J connectivity index is 1.60. The van der Waals surface area contributed by atoms with Gasteiger partial charge in [0.2, 0.25) is 0 Å². The van der Waals surface area contributed by atoms with Crippen LogP contribution < -0.4 is 10.6 Å². The summed E-state index contributed by atoms with van der Waals surface area (Å²) in [6.07, 6.45) is 5.16. The van der Waals surface area contributed by atoms with Crippen LogP contribution in [0.2, 0.25) is 0 Å². The summed E-state index contributed by atoms with van der Waals surface area (Å²) < 4.78 is 5.25. The fourth-order valence-electron chi connectivity index (χ4n) is 2.12. The van der Waals surface area contributed by atoms with E-state index in [0.29, 0.717) is 6.54 Å². The lowest BCUT2D eigenvalue weighted by atomic mass is 10.1. The van der Waals surface area contributed by atoms with Crippen LogP contribution in [0.5, 0.6) is 0 Å². The number of carbonyl (C=O) groups excluding carboxylic acids is 1. The second kappa shape index (κ2) is 10.0. The molecule has 0 saturated carbocycles. The van der Waals surface area contributed by atoms with Crippen molar-refractivity contribution in [3.8, 4) is 0 Å². The van der Waals surface area contributed by atoms with Gasteiger partial charge in [-0.1, -0.05) is 25.5 Å². The van der Waals surface area contributed by atoms with E-state index < -0.39 is 0 Å². The van der Waals surface area contributed by atoms with Gasteiger partial charge in [-0.05, 0) is 42.7 Å². The number of anilines is 1. The van der Waals surface area contributed by atoms with E-state index in [1.54, 1.807) is 18.0 Å². The van der Waals surface area contributed by atoms with Crippen molar-refractivity contribution in [3.05, 3.63) is 54.0 Å². The van der Waals surface area contributed by atoms with Crippen LogP contribution in [-0.2, 0) is 12.2 Å². The van der Waals surface area contributed by atoms with Crippen LogP contribution in [-0.4, -0.2) is 18.3 Å². The summed E-state index contributed by atoms with van der Waals surface area (Å²) in [5, 5.41) is 5.71. The lowest BCUT2D eigenvalue weighted by Crippen LogP contribution is -2.30. The third-order valence-corrected chi connectivity index (χ3v) is 4.37. The van der Waals surface area contributed by atoms with Crippen LogP contribution in [0.4, 0.5) is 10.5 Å². The van der Waals surface area contributed by atoms with E-state index in [-0.39, 0.29) is 6.03 Å². The molecule has 2 amide bonds. The summed E-state index contributed by atoms with van der Waals surface area (Å²) in [5.74, 6) is 2.64. The van der Waals surface area contributed by atoms with Gasteiger partial charge in [-0.15, -0.1) is 0 Å². The molecular weight excluding hydrogens is 308 g/mol. The molecule has 0 aliphatic carbocycles. The Hall–Kier alpha value is -1.88. The van der Waals surface area contributed by atoms with Crippen molar-refractivity contribution in [1.82, 2.24) is 5.32 Å². The lowest BCUT2D eigenvalue weighted by Gasteiger charge is -2.08. The Morgan fingerprint density at radius 3 is 2.74 bits per heavy atom. The summed E-state index contributed by atoms with van der Waals surface area (Å²) in [5.41, 5.74) is 2.14. The van der Waals surface area contributed by atoms with Crippen LogP contribution in [0.1, 0.15) is 31.1 Å². The Bertz CT molecular complexity index is 567. The number of hydrogen-bond donors (Lipinski definition) is 2. The summed E-state index contributed by atoms with van der Waals surface area (Å²) in [6, 6.07) is 11.7. The van der Waals surface area contributed by atoms with Gasteiger partial charge in [0.25, 0.3) is 0 Å². The Morgan fingerprint density at radius 1 is 1.22 bits per heavy atom. The molecule has 23 heavy (non-hydrogen) atoms. The number of carbonyl (C=O) groups is 1. The Morgan fingerprint density at radius 2 is 2.04 bits per heavy atom. The first-order valence-electron chi connectivity index (χ1n) is 8.02. The van der Waals surface area contributed by atoms with Gasteiger partial charge in [0.05, 0.1) is 12.0 Å². The van der Waals surface area contributed by atoms with Crippen LogP contribution in [0.3, 0.4) is 0 Å². The molecule has 0 spiro atoms. The zero-order chi connectivity index (χ0) is 16.3. The number of unbranched alkanes of at least 4 members (excludes halogenated alkanes) is 1. The van der Waals surface area contributed by atoms with E-state index in [0.717, 1.165) is 29.4 Å². The predicted molar refractivity (Wildman–Crippen MR) is 96.9 cm³/mol. The Labute approximate surface area is 142 Å². The minimum Gasteiger partial charge on any atom is -0.468 e. The highest BCUT2D eigenvalue weighted by Gasteiger charge is 2.02. The van der Waals surface area contributed by atoms with E-state index in [9.17, 15) is 4.79 Å². The molecule has 2 N–H and O–H groups in total. The molecule has 0 aliphatic heterocycles. The molecule has 0 atom stereocenters. The fraction of sp³-hybridized carbons (Fsp3) is 0.389. The van der Waals surface area contributed by atoms with Gasteiger partial charge in [-0.25, -0.2) is 4.79 Å². The van der Waals surface area contributed by atoms with Crippen molar-refractivity contribution < 1.29 is 9.21 Å². The van der Waals surface area contributed by atoms with Crippen molar-refractivity contribution in [2.45, 2.75) is 31.9 Å². The number of aryl methyl sites for hydroxylation is 1. The van der Waals surface area contributed by atoms with E-state index in [4.69, 9.17) is 4.42 Å². The van der Waals surface area contributed by atoms with Gasteiger partial charge in [0.15, 0.2) is 0 Å². The number of nitrogens with one attached hydrogen (secondary N) is 2. The molecule has 0 bridgehead atoms. The van der Waals surface area contributed by atoms with E-state index >= 15 is 0 Å². The molecule has 1 aromatic heterocycles. The average Bonchev–Trinajstić information content (AvgIpc) is 3.07. The number of rotatable bonds is 9. The van der Waals surface area contributed by atoms with Crippen molar-refractivity contribution in [2.75, 3.05) is 17.6 Å². The van der Waals surface area contributed by atoms with Crippen molar-refractivity contribution in [1.29, 1.82) is 0 Å². The maximum Gasteiger partial charge on any atom is 0.319 e. The van der Waals surface area contributed by atoms with Gasteiger partial charge < -0.3 is 15.1 Å². The van der Waals surface area contributed by atoms with Crippen LogP contribution in [0.15, 0.2) is 47.1 Å².